The SMILES string of the molecule is Cc1ccccc1-c1cc2ccccn2[n+]1C. The first kappa shape index (κ1) is 10.1. The number of hydrogen-bond donors (Lipinski definition) is 0. The molecule has 2 aromatic heterocycles. The van der Waals surface area contributed by atoms with E-state index in [2.05, 4.69) is 77.9 Å². The third-order valence-electron chi connectivity index (χ3n) is 3.25. The molecule has 0 saturated heterocycles. The average Bonchev–Trinajstić information content (AvgIpc) is 2.68. The van der Waals surface area contributed by atoms with Gasteiger partial charge in [-0.2, -0.15) is 0 Å². The van der Waals surface area contributed by atoms with E-state index in [9.17, 15) is 0 Å². The number of pyridine rings is 1. The molecule has 0 atom stereocenters. The second-order valence-corrected chi connectivity index (χ2v) is 4.34. The van der Waals surface area contributed by atoms with Crippen molar-refractivity contribution in [3.8, 4) is 11.3 Å². The van der Waals surface area contributed by atoms with E-state index in [4.69, 9.17) is 0 Å². The first-order chi connectivity index (χ1) is 8.27. The molecule has 0 fully saturated rings. The second kappa shape index (κ2) is 3.74. The molecule has 0 aliphatic carbocycles. The Kier molecular flexibility index (Phi) is 2.22. The van der Waals surface area contributed by atoms with Crippen LogP contribution in [0.2, 0.25) is 0 Å². The van der Waals surface area contributed by atoms with Gasteiger partial charge in [0.25, 0.3) is 0 Å². The summed E-state index contributed by atoms with van der Waals surface area (Å²) in [5.41, 5.74) is 5.06. The van der Waals surface area contributed by atoms with Crippen LogP contribution in [0.3, 0.4) is 0 Å². The minimum absolute atomic E-state index is 1.22. The maximum atomic E-state index is 2.22. The largest absolute Gasteiger partial charge is 0.239 e. The third kappa shape index (κ3) is 1.53. The predicted octanol–water partition coefficient (Wildman–Crippen LogP) is 2.74. The van der Waals surface area contributed by atoms with E-state index in [1.165, 1.54) is 22.3 Å². The monoisotopic (exact) mass is 223 g/mol. The first-order valence-electron chi connectivity index (χ1n) is 5.80. The molecule has 0 unspecified atom stereocenters. The normalized spacial score (nSPS) is 10.9. The van der Waals surface area contributed by atoms with Crippen LogP contribution in [-0.4, -0.2) is 4.52 Å². The highest BCUT2D eigenvalue weighted by Gasteiger charge is 2.16. The molecule has 84 valence electrons. The molecule has 0 radical (unpaired) electrons. The Morgan fingerprint density at radius 1 is 1.00 bits per heavy atom. The summed E-state index contributed by atoms with van der Waals surface area (Å²) < 4.78 is 4.33. The number of aromatic nitrogens is 2. The van der Waals surface area contributed by atoms with Crippen LogP contribution in [0.4, 0.5) is 0 Å². The highest BCUT2D eigenvalue weighted by molar-refractivity contribution is 5.65. The fraction of sp³-hybridized carbons (Fsp3) is 0.133. The predicted molar refractivity (Wildman–Crippen MR) is 68.7 cm³/mol. The summed E-state index contributed by atoms with van der Waals surface area (Å²) in [6.45, 7) is 2.15. The molecule has 0 amide bonds. The van der Waals surface area contributed by atoms with E-state index < -0.39 is 0 Å². The van der Waals surface area contributed by atoms with E-state index in [-0.39, 0.29) is 0 Å². The van der Waals surface area contributed by atoms with Gasteiger partial charge in [-0.1, -0.05) is 24.3 Å². The highest BCUT2D eigenvalue weighted by atomic mass is 15.3. The zero-order valence-corrected chi connectivity index (χ0v) is 10.1. The smallest absolute Gasteiger partial charge is 0.128 e. The molecule has 3 rings (SSSR count). The third-order valence-corrected chi connectivity index (χ3v) is 3.25. The van der Waals surface area contributed by atoms with E-state index in [0.29, 0.717) is 0 Å². The van der Waals surface area contributed by atoms with Crippen molar-refractivity contribution in [2.75, 3.05) is 0 Å². The van der Waals surface area contributed by atoms with Gasteiger partial charge < -0.3 is 0 Å². The van der Waals surface area contributed by atoms with Crippen LogP contribution in [-0.2, 0) is 7.05 Å². The standard InChI is InChI=1S/C15H15N2/c1-12-7-3-4-9-14(12)15-11-13-8-5-6-10-17(13)16(15)2/h3-11H,1-2H3/q+1. The molecule has 0 saturated carbocycles. The van der Waals surface area contributed by atoms with Gasteiger partial charge in [0.2, 0.25) is 5.69 Å². The lowest BCUT2D eigenvalue weighted by atomic mass is 10.1. The summed E-state index contributed by atoms with van der Waals surface area (Å²) >= 11 is 0. The molecule has 17 heavy (non-hydrogen) atoms. The molecule has 0 aliphatic rings. The molecule has 0 bridgehead atoms. The fourth-order valence-electron chi connectivity index (χ4n) is 2.30. The Labute approximate surface area is 101 Å². The summed E-state index contributed by atoms with van der Waals surface area (Å²) in [5, 5.41) is 0. The maximum Gasteiger partial charge on any atom is 0.239 e. The van der Waals surface area contributed by atoms with Crippen LogP contribution in [0.5, 0.6) is 0 Å². The molecule has 2 heteroatoms. The molecule has 0 aliphatic heterocycles. The van der Waals surface area contributed by atoms with Crippen molar-refractivity contribution in [2.24, 2.45) is 7.05 Å². The van der Waals surface area contributed by atoms with Crippen molar-refractivity contribution in [2.45, 2.75) is 6.92 Å². The number of rotatable bonds is 1. The highest BCUT2D eigenvalue weighted by Crippen LogP contribution is 2.21. The van der Waals surface area contributed by atoms with Crippen molar-refractivity contribution in [1.29, 1.82) is 0 Å². The molecular formula is C15H15N2+. The van der Waals surface area contributed by atoms with E-state index in [1.54, 1.807) is 0 Å². The van der Waals surface area contributed by atoms with Gasteiger partial charge >= 0.3 is 0 Å². The topological polar surface area (TPSA) is 8.29 Å². The Balaban J connectivity index is 2.32. The van der Waals surface area contributed by atoms with Gasteiger partial charge in [0, 0.05) is 6.07 Å². The summed E-state index contributed by atoms with van der Waals surface area (Å²) in [4.78, 5) is 0. The molecule has 0 N–H and O–H groups in total. The minimum atomic E-state index is 1.22. The van der Waals surface area contributed by atoms with E-state index in [0.717, 1.165) is 0 Å². The molecule has 2 nitrogen and oxygen atoms in total. The van der Waals surface area contributed by atoms with Gasteiger partial charge in [-0.05, 0) is 30.7 Å². The number of aryl methyl sites for hydroxylation is 2. The number of fused-ring (bicyclic) bond motifs is 1. The van der Waals surface area contributed by atoms with Gasteiger partial charge in [0.05, 0.1) is 11.8 Å². The summed E-state index contributed by atoms with van der Waals surface area (Å²) in [7, 11) is 2.09. The van der Waals surface area contributed by atoms with Crippen LogP contribution in [0.1, 0.15) is 5.56 Å². The Hall–Kier alpha value is -2.09. The minimum Gasteiger partial charge on any atom is -0.128 e. The number of hydrogen-bond acceptors (Lipinski definition) is 0. The van der Waals surface area contributed by atoms with Gasteiger partial charge in [0.15, 0.2) is 7.05 Å². The lowest BCUT2D eigenvalue weighted by Crippen LogP contribution is -2.36. The van der Waals surface area contributed by atoms with Gasteiger partial charge in [0.1, 0.15) is 5.52 Å². The van der Waals surface area contributed by atoms with Crippen molar-refractivity contribution < 1.29 is 4.68 Å². The maximum absolute atomic E-state index is 2.22. The lowest BCUT2D eigenvalue weighted by molar-refractivity contribution is -0.727. The lowest BCUT2D eigenvalue weighted by Gasteiger charge is -1.99. The van der Waals surface area contributed by atoms with E-state index in [1.807, 2.05) is 0 Å². The van der Waals surface area contributed by atoms with Crippen molar-refractivity contribution in [3.05, 3.63) is 60.3 Å². The van der Waals surface area contributed by atoms with Crippen LogP contribution < -0.4 is 4.68 Å². The van der Waals surface area contributed by atoms with Crippen molar-refractivity contribution >= 4 is 5.52 Å². The zero-order chi connectivity index (χ0) is 11.8. The summed E-state index contributed by atoms with van der Waals surface area (Å²) in [6.07, 6.45) is 2.08. The van der Waals surface area contributed by atoms with Crippen LogP contribution in [0.15, 0.2) is 54.7 Å². The molecular weight excluding hydrogens is 208 g/mol. The summed E-state index contributed by atoms with van der Waals surface area (Å²) in [5.74, 6) is 0. The Morgan fingerprint density at radius 2 is 1.76 bits per heavy atom. The average molecular weight is 223 g/mol. The molecule has 0 spiro atoms. The van der Waals surface area contributed by atoms with Gasteiger partial charge in [-0.15, -0.1) is 9.20 Å². The van der Waals surface area contributed by atoms with Crippen molar-refractivity contribution in [3.63, 3.8) is 0 Å². The molecule has 2 heterocycles. The van der Waals surface area contributed by atoms with Crippen LogP contribution in [0.25, 0.3) is 16.8 Å². The fourth-order valence-corrected chi connectivity index (χ4v) is 2.30. The Bertz CT molecular complexity index is 680. The first-order valence-corrected chi connectivity index (χ1v) is 5.80. The van der Waals surface area contributed by atoms with Gasteiger partial charge in [-0.3, -0.25) is 0 Å². The van der Waals surface area contributed by atoms with Gasteiger partial charge in [-0.25, -0.2) is 0 Å². The quantitative estimate of drug-likeness (QED) is 0.561. The number of nitrogens with zero attached hydrogens (tertiary/aromatic N) is 2. The Morgan fingerprint density at radius 3 is 2.53 bits per heavy atom. The van der Waals surface area contributed by atoms with Crippen LogP contribution in [0, 0.1) is 6.92 Å². The summed E-state index contributed by atoms with van der Waals surface area (Å²) in [6, 6.07) is 17.0. The molecule has 1 aromatic carbocycles. The van der Waals surface area contributed by atoms with Crippen molar-refractivity contribution in [1.82, 2.24) is 4.52 Å². The second-order valence-electron chi connectivity index (χ2n) is 4.34. The molecule has 3 aromatic rings. The van der Waals surface area contributed by atoms with E-state index >= 15 is 0 Å². The number of benzene rings is 1. The van der Waals surface area contributed by atoms with Crippen LogP contribution >= 0.6 is 0 Å². The zero-order valence-electron chi connectivity index (χ0n) is 10.1.